The molecule has 2 nitrogen and oxygen atoms in total. The van der Waals surface area contributed by atoms with Crippen LogP contribution in [0, 0.1) is 6.92 Å². The van der Waals surface area contributed by atoms with E-state index in [1.165, 1.54) is 0 Å². The summed E-state index contributed by atoms with van der Waals surface area (Å²) in [5, 5.41) is 3.10. The molecule has 1 heterocycles. The molecule has 0 aliphatic rings. The number of ether oxygens (including phenoxy) is 1. The van der Waals surface area contributed by atoms with Crippen LogP contribution in [-0.2, 0) is 0 Å². The van der Waals surface area contributed by atoms with E-state index in [4.69, 9.17) is 4.74 Å². The molecular formula is C16H13NOS. The van der Waals surface area contributed by atoms with E-state index in [0.717, 1.165) is 27.8 Å². The molecule has 0 bridgehead atoms. The SMILES string of the molecule is Cc1csc(-c2ccc(Oc3ccccc3)cc2)n1. The van der Waals surface area contributed by atoms with Crippen molar-refractivity contribution in [3.8, 4) is 22.1 Å². The van der Waals surface area contributed by atoms with Gasteiger partial charge in [0.05, 0.1) is 0 Å². The van der Waals surface area contributed by atoms with Crippen molar-refractivity contribution in [3.63, 3.8) is 0 Å². The zero-order valence-electron chi connectivity index (χ0n) is 10.5. The lowest BCUT2D eigenvalue weighted by molar-refractivity contribution is 0.483. The van der Waals surface area contributed by atoms with Gasteiger partial charge in [0.1, 0.15) is 16.5 Å². The van der Waals surface area contributed by atoms with Crippen molar-refractivity contribution in [1.82, 2.24) is 4.98 Å². The first-order valence-corrected chi connectivity index (χ1v) is 6.95. The molecule has 0 N–H and O–H groups in total. The van der Waals surface area contributed by atoms with Crippen molar-refractivity contribution in [1.29, 1.82) is 0 Å². The monoisotopic (exact) mass is 267 g/mol. The molecule has 0 spiro atoms. The summed E-state index contributed by atoms with van der Waals surface area (Å²) in [6.07, 6.45) is 0. The fraction of sp³-hybridized carbons (Fsp3) is 0.0625. The third-order valence-corrected chi connectivity index (χ3v) is 3.71. The minimum Gasteiger partial charge on any atom is -0.457 e. The summed E-state index contributed by atoms with van der Waals surface area (Å²) in [5.41, 5.74) is 2.18. The van der Waals surface area contributed by atoms with Crippen LogP contribution in [0.2, 0.25) is 0 Å². The van der Waals surface area contributed by atoms with Gasteiger partial charge in [-0.25, -0.2) is 4.98 Å². The number of nitrogens with zero attached hydrogens (tertiary/aromatic N) is 1. The molecular weight excluding hydrogens is 254 g/mol. The van der Waals surface area contributed by atoms with Gasteiger partial charge in [-0.3, -0.25) is 0 Å². The topological polar surface area (TPSA) is 22.1 Å². The first kappa shape index (κ1) is 11.9. The van der Waals surface area contributed by atoms with Crippen molar-refractivity contribution < 1.29 is 4.74 Å². The van der Waals surface area contributed by atoms with Crippen LogP contribution in [0.3, 0.4) is 0 Å². The lowest BCUT2D eigenvalue weighted by atomic mass is 10.2. The Hall–Kier alpha value is -2.13. The van der Waals surface area contributed by atoms with Gasteiger partial charge in [0.25, 0.3) is 0 Å². The molecule has 19 heavy (non-hydrogen) atoms. The van der Waals surface area contributed by atoms with E-state index in [0.29, 0.717) is 0 Å². The van der Waals surface area contributed by atoms with Crippen molar-refractivity contribution in [2.45, 2.75) is 6.92 Å². The standard InChI is InChI=1S/C16H13NOS/c1-12-11-19-16(17-12)13-7-9-15(10-8-13)18-14-5-3-2-4-6-14/h2-11H,1H3. The number of para-hydroxylation sites is 1. The summed E-state index contributed by atoms with van der Waals surface area (Å²) < 4.78 is 5.76. The highest BCUT2D eigenvalue weighted by Gasteiger charge is 2.03. The lowest BCUT2D eigenvalue weighted by Gasteiger charge is -2.05. The van der Waals surface area contributed by atoms with E-state index in [-0.39, 0.29) is 0 Å². The van der Waals surface area contributed by atoms with Gasteiger partial charge in [-0.2, -0.15) is 0 Å². The number of aromatic nitrogens is 1. The van der Waals surface area contributed by atoms with Crippen LogP contribution in [0.5, 0.6) is 11.5 Å². The van der Waals surface area contributed by atoms with Gasteiger partial charge in [-0.15, -0.1) is 11.3 Å². The van der Waals surface area contributed by atoms with Crippen molar-refractivity contribution in [3.05, 3.63) is 65.7 Å². The Balaban J connectivity index is 1.79. The van der Waals surface area contributed by atoms with Gasteiger partial charge in [0.15, 0.2) is 0 Å². The van der Waals surface area contributed by atoms with Crippen molar-refractivity contribution in [2.24, 2.45) is 0 Å². The Morgan fingerprint density at radius 3 is 2.21 bits per heavy atom. The summed E-state index contributed by atoms with van der Waals surface area (Å²) >= 11 is 1.66. The fourth-order valence-electron chi connectivity index (χ4n) is 1.78. The molecule has 0 fully saturated rings. The Bertz CT molecular complexity index is 659. The van der Waals surface area contributed by atoms with Crippen LogP contribution in [0.25, 0.3) is 10.6 Å². The molecule has 1 aromatic heterocycles. The molecule has 3 aromatic rings. The van der Waals surface area contributed by atoms with Gasteiger partial charge < -0.3 is 4.74 Å². The molecule has 0 unspecified atom stereocenters. The number of benzene rings is 2. The summed E-state index contributed by atoms with van der Waals surface area (Å²) in [6.45, 7) is 2.01. The number of rotatable bonds is 3. The molecule has 0 radical (unpaired) electrons. The summed E-state index contributed by atoms with van der Waals surface area (Å²) in [5.74, 6) is 1.68. The first-order chi connectivity index (χ1) is 9.31. The molecule has 3 heteroatoms. The molecule has 0 aliphatic carbocycles. The third-order valence-electron chi connectivity index (χ3n) is 2.70. The number of thiazole rings is 1. The second-order valence-electron chi connectivity index (χ2n) is 4.23. The quantitative estimate of drug-likeness (QED) is 0.672. The molecule has 0 saturated carbocycles. The van der Waals surface area contributed by atoms with Gasteiger partial charge in [0.2, 0.25) is 0 Å². The Kier molecular flexibility index (Phi) is 3.29. The normalized spacial score (nSPS) is 10.4. The second-order valence-corrected chi connectivity index (χ2v) is 5.09. The summed E-state index contributed by atoms with van der Waals surface area (Å²) in [4.78, 5) is 4.47. The van der Waals surface area contributed by atoms with Crippen LogP contribution in [0.1, 0.15) is 5.69 Å². The van der Waals surface area contributed by atoms with Crippen molar-refractivity contribution >= 4 is 11.3 Å². The maximum Gasteiger partial charge on any atom is 0.127 e. The molecule has 3 rings (SSSR count). The van der Waals surface area contributed by atoms with Crippen LogP contribution in [0.4, 0.5) is 0 Å². The van der Waals surface area contributed by atoms with E-state index in [1.807, 2.05) is 61.5 Å². The van der Waals surface area contributed by atoms with Crippen LogP contribution < -0.4 is 4.74 Å². The second kappa shape index (κ2) is 5.24. The average Bonchev–Trinajstić information content (AvgIpc) is 2.87. The van der Waals surface area contributed by atoms with E-state index in [1.54, 1.807) is 11.3 Å². The first-order valence-electron chi connectivity index (χ1n) is 6.07. The highest BCUT2D eigenvalue weighted by molar-refractivity contribution is 7.13. The number of hydrogen-bond acceptors (Lipinski definition) is 3. The Labute approximate surface area is 116 Å². The number of hydrogen-bond donors (Lipinski definition) is 0. The molecule has 2 aromatic carbocycles. The predicted octanol–water partition coefficient (Wildman–Crippen LogP) is 4.91. The Morgan fingerprint density at radius 2 is 1.58 bits per heavy atom. The highest BCUT2D eigenvalue weighted by atomic mass is 32.1. The molecule has 0 saturated heterocycles. The third kappa shape index (κ3) is 2.83. The molecule has 0 aliphatic heterocycles. The number of aryl methyl sites for hydroxylation is 1. The molecule has 0 amide bonds. The van der Waals surface area contributed by atoms with Crippen LogP contribution in [0.15, 0.2) is 60.0 Å². The van der Waals surface area contributed by atoms with Gasteiger partial charge in [0, 0.05) is 16.6 Å². The van der Waals surface area contributed by atoms with Crippen molar-refractivity contribution in [2.75, 3.05) is 0 Å². The minimum atomic E-state index is 0.836. The smallest absolute Gasteiger partial charge is 0.127 e. The zero-order valence-corrected chi connectivity index (χ0v) is 11.4. The predicted molar refractivity (Wildman–Crippen MR) is 78.8 cm³/mol. The van der Waals surface area contributed by atoms with Gasteiger partial charge >= 0.3 is 0 Å². The van der Waals surface area contributed by atoms with E-state index >= 15 is 0 Å². The average molecular weight is 267 g/mol. The van der Waals surface area contributed by atoms with Gasteiger partial charge in [-0.1, -0.05) is 18.2 Å². The summed E-state index contributed by atoms with van der Waals surface area (Å²) in [7, 11) is 0. The van der Waals surface area contributed by atoms with Crippen LogP contribution in [-0.4, -0.2) is 4.98 Å². The largest absolute Gasteiger partial charge is 0.457 e. The molecule has 94 valence electrons. The molecule has 0 atom stereocenters. The Morgan fingerprint density at radius 1 is 0.895 bits per heavy atom. The summed E-state index contributed by atoms with van der Waals surface area (Å²) in [6, 6.07) is 17.8. The van der Waals surface area contributed by atoms with Gasteiger partial charge in [-0.05, 0) is 43.3 Å². The van der Waals surface area contributed by atoms with E-state index < -0.39 is 0 Å². The van der Waals surface area contributed by atoms with Crippen LogP contribution >= 0.6 is 11.3 Å². The fourth-order valence-corrected chi connectivity index (χ4v) is 2.58. The van der Waals surface area contributed by atoms with E-state index in [2.05, 4.69) is 10.4 Å². The van der Waals surface area contributed by atoms with E-state index in [9.17, 15) is 0 Å². The minimum absolute atomic E-state index is 0.836. The maximum atomic E-state index is 5.76. The lowest BCUT2D eigenvalue weighted by Crippen LogP contribution is -1.83. The zero-order chi connectivity index (χ0) is 13.1. The maximum absolute atomic E-state index is 5.76. The highest BCUT2D eigenvalue weighted by Crippen LogP contribution is 2.27.